The van der Waals surface area contributed by atoms with Crippen LogP contribution in [0.1, 0.15) is 73.2 Å². The number of nitrogens with zero attached hydrogens (tertiary/aromatic N) is 3. The van der Waals surface area contributed by atoms with Gasteiger partial charge in [0.15, 0.2) is 0 Å². The quantitative estimate of drug-likeness (QED) is 0.861. The van der Waals surface area contributed by atoms with Crippen LogP contribution >= 0.6 is 11.3 Å². The van der Waals surface area contributed by atoms with E-state index in [1.54, 1.807) is 0 Å². The second-order valence-corrected chi connectivity index (χ2v) is 11.1. The molecule has 1 aromatic heterocycles. The van der Waals surface area contributed by atoms with E-state index in [1.165, 1.54) is 11.3 Å². The van der Waals surface area contributed by atoms with Crippen molar-refractivity contribution in [3.63, 3.8) is 0 Å². The summed E-state index contributed by atoms with van der Waals surface area (Å²) >= 11 is 1.39. The molecule has 1 unspecified atom stereocenters. The van der Waals surface area contributed by atoms with Crippen molar-refractivity contribution in [2.24, 2.45) is 11.3 Å². The molecule has 1 fully saturated rings. The van der Waals surface area contributed by atoms with Crippen molar-refractivity contribution in [1.29, 1.82) is 0 Å². The van der Waals surface area contributed by atoms with Crippen molar-refractivity contribution >= 4 is 28.3 Å². The highest BCUT2D eigenvalue weighted by Crippen LogP contribution is 2.35. The molecule has 0 bridgehead atoms. The Bertz CT molecular complexity index is 682. The van der Waals surface area contributed by atoms with Crippen LogP contribution in [-0.2, 0) is 15.0 Å². The summed E-state index contributed by atoms with van der Waals surface area (Å²) in [6.45, 7) is 17.3. The van der Waals surface area contributed by atoms with Crippen LogP contribution in [0.15, 0.2) is 0 Å². The van der Waals surface area contributed by atoms with Crippen LogP contribution in [0.25, 0.3) is 0 Å². The van der Waals surface area contributed by atoms with E-state index in [-0.39, 0.29) is 40.5 Å². The van der Waals surface area contributed by atoms with E-state index in [4.69, 9.17) is 0 Å². The fraction of sp³-hybridized carbons (Fsp3) is 0.789. The molecule has 1 aliphatic heterocycles. The highest BCUT2D eigenvalue weighted by atomic mass is 32.1. The summed E-state index contributed by atoms with van der Waals surface area (Å²) in [4.78, 5) is 27.0. The normalized spacial score (nSPS) is 19.2. The largest absolute Gasteiger partial charge is 0.337 e. The minimum atomic E-state index is -0.344. The zero-order valence-corrected chi connectivity index (χ0v) is 18.1. The van der Waals surface area contributed by atoms with Gasteiger partial charge >= 0.3 is 0 Å². The van der Waals surface area contributed by atoms with Crippen LogP contribution in [0.5, 0.6) is 0 Å². The van der Waals surface area contributed by atoms with Gasteiger partial charge < -0.3 is 10.2 Å². The van der Waals surface area contributed by atoms with Crippen molar-refractivity contribution in [2.75, 3.05) is 11.9 Å². The van der Waals surface area contributed by atoms with Crippen LogP contribution in [0.4, 0.5) is 5.13 Å². The Hall–Kier alpha value is -1.50. The summed E-state index contributed by atoms with van der Waals surface area (Å²) < 4.78 is 0. The molecule has 0 aromatic carbocycles. The van der Waals surface area contributed by atoms with E-state index in [1.807, 2.05) is 4.90 Å². The lowest BCUT2D eigenvalue weighted by Gasteiger charge is -2.40. The fourth-order valence-corrected chi connectivity index (χ4v) is 4.45. The first kappa shape index (κ1) is 20.8. The molecule has 0 aliphatic carbocycles. The average molecular weight is 381 g/mol. The first-order valence-electron chi connectivity index (χ1n) is 9.14. The lowest BCUT2D eigenvalue weighted by atomic mass is 9.81. The molecule has 0 radical (unpaired) electrons. The highest BCUT2D eigenvalue weighted by molar-refractivity contribution is 7.15. The molecule has 1 N–H and O–H groups in total. The lowest BCUT2D eigenvalue weighted by molar-refractivity contribution is -0.133. The van der Waals surface area contributed by atoms with Crippen molar-refractivity contribution < 1.29 is 9.59 Å². The van der Waals surface area contributed by atoms with Crippen molar-refractivity contribution in [3.8, 4) is 0 Å². The van der Waals surface area contributed by atoms with Gasteiger partial charge in [0.25, 0.3) is 0 Å². The van der Waals surface area contributed by atoms with Gasteiger partial charge in [0, 0.05) is 23.9 Å². The molecule has 1 saturated heterocycles. The summed E-state index contributed by atoms with van der Waals surface area (Å²) in [5, 5.41) is 12.4. The molecule has 146 valence electrons. The number of nitrogens with one attached hydrogen (secondary N) is 1. The molecule has 7 heteroatoms. The topological polar surface area (TPSA) is 75.2 Å². The maximum Gasteiger partial charge on any atom is 0.231 e. The number of carbonyl (C=O) groups excluding carboxylic acids is 2. The molecule has 2 amide bonds. The van der Waals surface area contributed by atoms with Crippen molar-refractivity contribution in [3.05, 3.63) is 5.01 Å². The zero-order chi connectivity index (χ0) is 19.9. The monoisotopic (exact) mass is 380 g/mol. The molecule has 2 rings (SSSR count). The molecule has 6 nitrogen and oxygen atoms in total. The van der Waals surface area contributed by atoms with E-state index in [9.17, 15) is 9.59 Å². The van der Waals surface area contributed by atoms with Gasteiger partial charge in [-0.25, -0.2) is 0 Å². The Morgan fingerprint density at radius 3 is 2.27 bits per heavy atom. The molecule has 0 saturated carbocycles. The second kappa shape index (κ2) is 6.91. The summed E-state index contributed by atoms with van der Waals surface area (Å²) in [6, 6.07) is 0. The number of amides is 2. The third-order valence-electron chi connectivity index (χ3n) is 4.49. The maximum absolute atomic E-state index is 12.6. The number of likely N-dealkylation sites (tertiary alicyclic amines) is 1. The summed E-state index contributed by atoms with van der Waals surface area (Å²) in [7, 11) is 0. The minimum absolute atomic E-state index is 0.0482. The van der Waals surface area contributed by atoms with Gasteiger partial charge in [-0.2, -0.15) is 0 Å². The molecule has 1 atom stereocenters. The number of anilines is 1. The number of hydrogen-bond acceptors (Lipinski definition) is 5. The van der Waals surface area contributed by atoms with Crippen LogP contribution in [-0.4, -0.2) is 39.0 Å². The van der Waals surface area contributed by atoms with Gasteiger partial charge in [0.1, 0.15) is 5.01 Å². The van der Waals surface area contributed by atoms with Crippen LogP contribution in [0.2, 0.25) is 0 Å². The first-order valence-corrected chi connectivity index (χ1v) is 9.96. The van der Waals surface area contributed by atoms with Gasteiger partial charge in [0.05, 0.1) is 5.92 Å². The Kier molecular flexibility index (Phi) is 5.53. The highest BCUT2D eigenvalue weighted by Gasteiger charge is 2.43. The average Bonchev–Trinajstić information content (AvgIpc) is 3.02. The van der Waals surface area contributed by atoms with Crippen molar-refractivity contribution in [1.82, 2.24) is 15.1 Å². The standard InChI is InChI=1S/C19H32N4O2S/c1-17(2,3)11-19(7,8)23-10-12(9-13(23)24)14(25)20-16-22-21-15(26-16)18(4,5)6/h12H,9-11H2,1-8H3,(H,20,22,25). The lowest BCUT2D eigenvalue weighted by Crippen LogP contribution is -2.47. The zero-order valence-electron chi connectivity index (χ0n) is 17.3. The van der Waals surface area contributed by atoms with E-state index < -0.39 is 0 Å². The maximum atomic E-state index is 12.6. The minimum Gasteiger partial charge on any atom is -0.337 e. The second-order valence-electron chi connectivity index (χ2n) is 10.1. The Morgan fingerprint density at radius 2 is 1.77 bits per heavy atom. The molecule has 1 aromatic rings. The molecule has 0 spiro atoms. The first-order chi connectivity index (χ1) is 11.7. The molecule has 26 heavy (non-hydrogen) atoms. The molecule has 1 aliphatic rings. The predicted molar refractivity (Wildman–Crippen MR) is 105 cm³/mol. The van der Waals surface area contributed by atoms with Gasteiger partial charge in [-0.05, 0) is 25.7 Å². The van der Waals surface area contributed by atoms with Gasteiger partial charge in [-0.15, -0.1) is 10.2 Å². The SMILES string of the molecule is CC(C)(C)CC(C)(C)N1CC(C(=O)Nc2nnc(C(C)(C)C)s2)CC1=O. The summed E-state index contributed by atoms with van der Waals surface area (Å²) in [5.74, 6) is -0.445. The van der Waals surface area contributed by atoms with Crippen LogP contribution < -0.4 is 5.32 Å². The third kappa shape index (κ3) is 5.02. The number of rotatable bonds is 4. The molecular formula is C19H32N4O2S. The molecular weight excluding hydrogens is 348 g/mol. The number of aromatic nitrogens is 2. The van der Waals surface area contributed by atoms with Gasteiger partial charge in [0.2, 0.25) is 16.9 Å². The predicted octanol–water partition coefficient (Wildman–Crippen LogP) is 3.84. The van der Waals surface area contributed by atoms with E-state index >= 15 is 0 Å². The summed E-state index contributed by atoms with van der Waals surface area (Å²) in [5.41, 5.74) is -0.260. The van der Waals surface area contributed by atoms with Gasteiger partial charge in [-0.3, -0.25) is 9.59 Å². The van der Waals surface area contributed by atoms with E-state index in [2.05, 4.69) is 70.9 Å². The fourth-order valence-electron chi connectivity index (χ4n) is 3.65. The smallest absolute Gasteiger partial charge is 0.231 e. The van der Waals surface area contributed by atoms with Crippen LogP contribution in [0, 0.1) is 11.3 Å². The number of hydrogen-bond donors (Lipinski definition) is 1. The van der Waals surface area contributed by atoms with Crippen molar-refractivity contribution in [2.45, 2.75) is 79.2 Å². The Morgan fingerprint density at radius 1 is 1.15 bits per heavy atom. The third-order valence-corrected chi connectivity index (χ3v) is 5.75. The number of carbonyl (C=O) groups is 2. The summed E-state index contributed by atoms with van der Waals surface area (Å²) in [6.07, 6.45) is 1.13. The Labute approximate surface area is 160 Å². The molecule has 2 heterocycles. The van der Waals surface area contributed by atoms with E-state index in [0.717, 1.165) is 11.4 Å². The van der Waals surface area contributed by atoms with E-state index in [0.29, 0.717) is 11.7 Å². The Balaban J connectivity index is 2.03. The van der Waals surface area contributed by atoms with Crippen LogP contribution in [0.3, 0.4) is 0 Å². The van der Waals surface area contributed by atoms with Gasteiger partial charge in [-0.1, -0.05) is 52.9 Å².